The summed E-state index contributed by atoms with van der Waals surface area (Å²) in [4.78, 5) is 0. The van der Waals surface area contributed by atoms with Gasteiger partial charge in [0.15, 0.2) is 0 Å². The number of furan rings is 1. The van der Waals surface area contributed by atoms with E-state index in [0.29, 0.717) is 5.41 Å². The standard InChI is InChI=1S/C9H11BrO/c10-7-9(3-4-9)6-8-2-1-5-11-8/h1-2,5H,3-4,6-7H2. The van der Waals surface area contributed by atoms with Gasteiger partial charge in [0, 0.05) is 11.8 Å². The minimum absolute atomic E-state index is 0.540. The molecule has 0 radical (unpaired) electrons. The summed E-state index contributed by atoms with van der Waals surface area (Å²) < 4.78 is 5.29. The SMILES string of the molecule is BrCC1(Cc2ccco2)CC1. The van der Waals surface area contributed by atoms with Crippen molar-refractivity contribution in [3.63, 3.8) is 0 Å². The van der Waals surface area contributed by atoms with E-state index in [0.717, 1.165) is 17.5 Å². The molecule has 1 heterocycles. The van der Waals surface area contributed by atoms with E-state index in [1.54, 1.807) is 6.26 Å². The first kappa shape index (κ1) is 7.41. The highest BCUT2D eigenvalue weighted by molar-refractivity contribution is 9.09. The minimum atomic E-state index is 0.540. The van der Waals surface area contributed by atoms with Gasteiger partial charge < -0.3 is 4.42 Å². The maximum atomic E-state index is 5.29. The summed E-state index contributed by atoms with van der Waals surface area (Å²) in [5.74, 6) is 1.13. The van der Waals surface area contributed by atoms with Crippen LogP contribution in [0.1, 0.15) is 18.6 Å². The maximum Gasteiger partial charge on any atom is 0.104 e. The van der Waals surface area contributed by atoms with E-state index in [4.69, 9.17) is 4.42 Å². The predicted molar refractivity (Wildman–Crippen MR) is 47.9 cm³/mol. The van der Waals surface area contributed by atoms with Crippen molar-refractivity contribution in [3.8, 4) is 0 Å². The van der Waals surface area contributed by atoms with Crippen molar-refractivity contribution < 1.29 is 4.42 Å². The Balaban J connectivity index is 2.01. The lowest BCUT2D eigenvalue weighted by Crippen LogP contribution is -2.04. The molecule has 1 aliphatic carbocycles. The van der Waals surface area contributed by atoms with E-state index in [-0.39, 0.29) is 0 Å². The Labute approximate surface area is 74.9 Å². The molecule has 0 atom stereocenters. The molecule has 0 aliphatic heterocycles. The fraction of sp³-hybridized carbons (Fsp3) is 0.556. The van der Waals surface area contributed by atoms with Gasteiger partial charge in [0.05, 0.1) is 6.26 Å². The highest BCUT2D eigenvalue weighted by atomic mass is 79.9. The molecule has 0 unspecified atom stereocenters. The molecular weight excluding hydrogens is 204 g/mol. The molecule has 0 aromatic carbocycles. The summed E-state index contributed by atoms with van der Waals surface area (Å²) in [7, 11) is 0. The molecular formula is C9H11BrO. The molecule has 1 aromatic rings. The molecule has 11 heavy (non-hydrogen) atoms. The van der Waals surface area contributed by atoms with Crippen LogP contribution in [-0.2, 0) is 6.42 Å². The Morgan fingerprint density at radius 2 is 2.36 bits per heavy atom. The second kappa shape index (κ2) is 2.67. The van der Waals surface area contributed by atoms with Crippen LogP contribution in [0.3, 0.4) is 0 Å². The third-order valence-electron chi connectivity index (χ3n) is 2.37. The van der Waals surface area contributed by atoms with E-state index >= 15 is 0 Å². The molecule has 2 heteroatoms. The van der Waals surface area contributed by atoms with E-state index < -0.39 is 0 Å². The van der Waals surface area contributed by atoms with Crippen LogP contribution >= 0.6 is 15.9 Å². The second-order valence-electron chi connectivity index (χ2n) is 3.39. The van der Waals surface area contributed by atoms with Crippen molar-refractivity contribution >= 4 is 15.9 Å². The van der Waals surface area contributed by atoms with Crippen LogP contribution < -0.4 is 0 Å². The van der Waals surface area contributed by atoms with Gasteiger partial charge in [-0.1, -0.05) is 15.9 Å². The summed E-state index contributed by atoms with van der Waals surface area (Å²) in [5, 5.41) is 1.11. The second-order valence-corrected chi connectivity index (χ2v) is 3.95. The Kier molecular flexibility index (Phi) is 1.80. The predicted octanol–water partition coefficient (Wildman–Crippen LogP) is 3.00. The maximum absolute atomic E-state index is 5.29. The first-order chi connectivity index (χ1) is 5.35. The van der Waals surface area contributed by atoms with Crippen LogP contribution in [0.25, 0.3) is 0 Å². The molecule has 1 aliphatic rings. The van der Waals surface area contributed by atoms with Gasteiger partial charge >= 0.3 is 0 Å². The average molecular weight is 215 g/mol. The quantitative estimate of drug-likeness (QED) is 0.706. The van der Waals surface area contributed by atoms with Crippen molar-refractivity contribution in [1.29, 1.82) is 0 Å². The highest BCUT2D eigenvalue weighted by Crippen LogP contribution is 2.49. The van der Waals surface area contributed by atoms with Gasteiger partial charge in [-0.15, -0.1) is 0 Å². The Morgan fingerprint density at radius 3 is 2.82 bits per heavy atom. The van der Waals surface area contributed by atoms with Gasteiger partial charge in [-0.2, -0.15) is 0 Å². The van der Waals surface area contributed by atoms with Crippen molar-refractivity contribution in [3.05, 3.63) is 24.2 Å². The third-order valence-corrected chi connectivity index (χ3v) is 3.56. The van der Waals surface area contributed by atoms with Gasteiger partial charge in [-0.05, 0) is 30.4 Å². The van der Waals surface area contributed by atoms with Crippen molar-refractivity contribution in [2.45, 2.75) is 19.3 Å². The van der Waals surface area contributed by atoms with E-state index in [1.165, 1.54) is 12.8 Å². The molecule has 0 bridgehead atoms. The highest BCUT2D eigenvalue weighted by Gasteiger charge is 2.41. The van der Waals surface area contributed by atoms with Crippen molar-refractivity contribution in [2.24, 2.45) is 5.41 Å². The molecule has 1 nitrogen and oxygen atoms in total. The zero-order chi connectivity index (χ0) is 7.73. The number of hydrogen-bond donors (Lipinski definition) is 0. The van der Waals surface area contributed by atoms with E-state index in [1.807, 2.05) is 6.07 Å². The van der Waals surface area contributed by atoms with Crippen molar-refractivity contribution in [1.82, 2.24) is 0 Å². The van der Waals surface area contributed by atoms with Gasteiger partial charge in [0.25, 0.3) is 0 Å². The van der Waals surface area contributed by atoms with Crippen LogP contribution in [0, 0.1) is 5.41 Å². The molecule has 0 saturated heterocycles. The summed E-state index contributed by atoms with van der Waals surface area (Å²) in [5.41, 5.74) is 0.540. The van der Waals surface area contributed by atoms with Crippen LogP contribution in [0.5, 0.6) is 0 Å². The van der Waals surface area contributed by atoms with Crippen LogP contribution in [0.4, 0.5) is 0 Å². The Hall–Kier alpha value is -0.240. The zero-order valence-corrected chi connectivity index (χ0v) is 7.93. The smallest absolute Gasteiger partial charge is 0.104 e. The summed E-state index contributed by atoms with van der Waals surface area (Å²) >= 11 is 3.54. The topological polar surface area (TPSA) is 13.1 Å². The Morgan fingerprint density at radius 1 is 1.55 bits per heavy atom. The zero-order valence-electron chi connectivity index (χ0n) is 6.35. The molecule has 60 valence electrons. The fourth-order valence-electron chi connectivity index (χ4n) is 1.32. The lowest BCUT2D eigenvalue weighted by molar-refractivity contribution is 0.452. The van der Waals surface area contributed by atoms with Crippen LogP contribution in [-0.4, -0.2) is 5.33 Å². The van der Waals surface area contributed by atoms with Gasteiger partial charge in [-0.25, -0.2) is 0 Å². The average Bonchev–Trinajstić information content (AvgIpc) is 2.59. The first-order valence-corrected chi connectivity index (χ1v) is 5.05. The summed E-state index contributed by atoms with van der Waals surface area (Å²) in [6, 6.07) is 4.02. The normalized spacial score (nSPS) is 20.1. The molecule has 0 spiro atoms. The number of rotatable bonds is 3. The molecule has 1 fully saturated rings. The lowest BCUT2D eigenvalue weighted by atomic mass is 10.0. The first-order valence-electron chi connectivity index (χ1n) is 3.93. The molecule has 0 amide bonds. The molecule has 1 saturated carbocycles. The minimum Gasteiger partial charge on any atom is -0.469 e. The van der Waals surface area contributed by atoms with Gasteiger partial charge in [-0.3, -0.25) is 0 Å². The molecule has 0 N–H and O–H groups in total. The number of alkyl halides is 1. The monoisotopic (exact) mass is 214 g/mol. The largest absolute Gasteiger partial charge is 0.469 e. The van der Waals surface area contributed by atoms with Gasteiger partial charge in [0.1, 0.15) is 5.76 Å². The third kappa shape index (κ3) is 1.51. The molecule has 2 rings (SSSR count). The summed E-state index contributed by atoms with van der Waals surface area (Å²) in [6.07, 6.45) is 5.54. The Bertz CT molecular complexity index is 224. The van der Waals surface area contributed by atoms with Gasteiger partial charge in [0.2, 0.25) is 0 Å². The van der Waals surface area contributed by atoms with E-state index in [9.17, 15) is 0 Å². The lowest BCUT2D eigenvalue weighted by Gasteiger charge is -2.07. The van der Waals surface area contributed by atoms with Crippen molar-refractivity contribution in [2.75, 3.05) is 5.33 Å². The number of halogens is 1. The summed E-state index contributed by atoms with van der Waals surface area (Å²) in [6.45, 7) is 0. The van der Waals surface area contributed by atoms with Crippen LogP contribution in [0.15, 0.2) is 22.8 Å². The fourth-order valence-corrected chi connectivity index (χ4v) is 2.08. The van der Waals surface area contributed by atoms with Crippen LogP contribution in [0.2, 0.25) is 0 Å². The number of hydrogen-bond acceptors (Lipinski definition) is 1. The van der Waals surface area contributed by atoms with E-state index in [2.05, 4.69) is 22.0 Å². The molecule has 1 aromatic heterocycles.